The molecule has 1 aliphatic heterocycles. The number of ketones is 1. The van der Waals surface area contributed by atoms with E-state index in [1.807, 2.05) is 13.0 Å². The highest BCUT2D eigenvalue weighted by molar-refractivity contribution is 6.27. The molecule has 0 amide bonds. The summed E-state index contributed by atoms with van der Waals surface area (Å²) in [6.45, 7) is 3.68. The van der Waals surface area contributed by atoms with Gasteiger partial charge in [0.25, 0.3) is 0 Å². The Kier molecular flexibility index (Phi) is 4.90. The molecular formula is C21H18N4O4. The molecule has 3 aromatic heterocycles. The Balaban J connectivity index is 1.74. The van der Waals surface area contributed by atoms with Gasteiger partial charge >= 0.3 is 5.97 Å². The summed E-state index contributed by atoms with van der Waals surface area (Å²) in [4.78, 5) is 41.1. The predicted octanol–water partition coefficient (Wildman–Crippen LogP) is 3.12. The number of hydrogen-bond donors (Lipinski definition) is 1. The van der Waals surface area contributed by atoms with Crippen molar-refractivity contribution in [3.63, 3.8) is 0 Å². The molecule has 1 atom stereocenters. The fraction of sp³-hybridized carbons (Fsp3) is 0.190. The van der Waals surface area contributed by atoms with Gasteiger partial charge in [-0.3, -0.25) is 14.6 Å². The Bertz CT molecular complexity index is 1140. The maximum absolute atomic E-state index is 12.9. The smallest absolute Gasteiger partial charge is 0.326 e. The van der Waals surface area contributed by atoms with Crippen molar-refractivity contribution in [2.45, 2.75) is 13.8 Å². The number of nitrogens with one attached hydrogen (secondary N) is 1. The van der Waals surface area contributed by atoms with Gasteiger partial charge in [-0.25, -0.2) is 9.98 Å². The van der Waals surface area contributed by atoms with Crippen LogP contribution in [0.4, 0.5) is 5.69 Å². The number of fused-ring (bicyclic) bond motifs is 1. The number of H-pyrrole nitrogens is 1. The molecule has 0 aromatic carbocycles. The summed E-state index contributed by atoms with van der Waals surface area (Å²) in [5.41, 5.74) is 2.71. The number of Topliss-reactive ketones (excluding diaryl/α,β-unsaturated/α-hetero) is 1. The molecule has 0 aliphatic carbocycles. The molecule has 0 saturated carbocycles. The molecular weight excluding hydrogens is 372 g/mol. The molecule has 8 heteroatoms. The molecule has 1 N–H and O–H groups in total. The second-order valence-corrected chi connectivity index (χ2v) is 6.41. The van der Waals surface area contributed by atoms with E-state index >= 15 is 0 Å². The lowest BCUT2D eigenvalue weighted by Crippen LogP contribution is -2.27. The van der Waals surface area contributed by atoms with Gasteiger partial charge < -0.3 is 14.5 Å². The van der Waals surface area contributed by atoms with Crippen LogP contribution >= 0.6 is 0 Å². The van der Waals surface area contributed by atoms with E-state index in [9.17, 15) is 9.59 Å². The minimum Gasteiger partial charge on any atom is -0.465 e. The zero-order valence-electron chi connectivity index (χ0n) is 15.9. The van der Waals surface area contributed by atoms with Crippen LogP contribution < -0.4 is 0 Å². The van der Waals surface area contributed by atoms with Crippen molar-refractivity contribution in [1.82, 2.24) is 15.0 Å². The molecule has 0 radical (unpaired) electrons. The lowest BCUT2D eigenvalue weighted by molar-refractivity contribution is -0.147. The van der Waals surface area contributed by atoms with E-state index in [1.165, 1.54) is 0 Å². The van der Waals surface area contributed by atoms with Crippen molar-refractivity contribution in [3.05, 3.63) is 59.9 Å². The van der Waals surface area contributed by atoms with Gasteiger partial charge in [-0.15, -0.1) is 0 Å². The lowest BCUT2D eigenvalue weighted by Gasteiger charge is -2.06. The number of hydrogen-bond acceptors (Lipinski definition) is 7. The molecule has 3 aromatic rings. The monoisotopic (exact) mass is 390 g/mol. The molecule has 1 fully saturated rings. The molecule has 8 nitrogen and oxygen atoms in total. The van der Waals surface area contributed by atoms with E-state index in [4.69, 9.17) is 9.47 Å². The van der Waals surface area contributed by atoms with Gasteiger partial charge in [-0.2, -0.15) is 0 Å². The molecule has 0 spiro atoms. The van der Waals surface area contributed by atoms with Crippen molar-refractivity contribution < 1.29 is 19.1 Å². The number of carbonyl (C=O) groups excluding carboxylic acids is 2. The number of nitrogens with zero attached hydrogens (tertiary/aromatic N) is 3. The van der Waals surface area contributed by atoms with Crippen LogP contribution in [0.25, 0.3) is 17.1 Å². The van der Waals surface area contributed by atoms with Crippen molar-refractivity contribution in [1.29, 1.82) is 0 Å². The minimum absolute atomic E-state index is 0.0200. The summed E-state index contributed by atoms with van der Waals surface area (Å²) < 4.78 is 10.8. The molecule has 4 heterocycles. The van der Waals surface area contributed by atoms with Gasteiger partial charge in [-0.1, -0.05) is 0 Å². The number of pyridine rings is 2. The van der Waals surface area contributed by atoms with Crippen molar-refractivity contribution in [2.75, 3.05) is 6.61 Å². The van der Waals surface area contributed by atoms with E-state index in [1.54, 1.807) is 49.8 Å². The first-order chi connectivity index (χ1) is 14.1. The molecule has 29 heavy (non-hydrogen) atoms. The molecule has 1 unspecified atom stereocenters. The van der Waals surface area contributed by atoms with Crippen LogP contribution in [0.2, 0.25) is 0 Å². The summed E-state index contributed by atoms with van der Waals surface area (Å²) in [5, 5.41) is 0.831. The number of esters is 1. The van der Waals surface area contributed by atoms with E-state index < -0.39 is 17.7 Å². The highest BCUT2D eigenvalue weighted by atomic mass is 16.5. The topological polar surface area (TPSA) is 107 Å². The molecule has 4 rings (SSSR count). The third-order valence-corrected chi connectivity index (χ3v) is 4.39. The van der Waals surface area contributed by atoms with Crippen LogP contribution in [-0.4, -0.2) is 39.2 Å². The number of carbonyl (C=O) groups is 2. The van der Waals surface area contributed by atoms with E-state index in [0.717, 1.165) is 16.6 Å². The van der Waals surface area contributed by atoms with Crippen molar-refractivity contribution >= 4 is 40.4 Å². The highest BCUT2D eigenvalue weighted by Gasteiger charge is 2.44. The fourth-order valence-electron chi connectivity index (χ4n) is 2.99. The number of allylic oxidation sites excluding steroid dienone is 1. The highest BCUT2D eigenvalue weighted by Crippen LogP contribution is 2.29. The van der Waals surface area contributed by atoms with Crippen LogP contribution in [-0.2, 0) is 19.1 Å². The van der Waals surface area contributed by atoms with Crippen LogP contribution in [0.1, 0.15) is 18.2 Å². The van der Waals surface area contributed by atoms with Crippen molar-refractivity contribution in [3.8, 4) is 0 Å². The third kappa shape index (κ3) is 3.64. The maximum atomic E-state index is 12.9. The molecule has 1 aliphatic rings. The Morgan fingerprint density at radius 1 is 1.34 bits per heavy atom. The maximum Gasteiger partial charge on any atom is 0.326 e. The van der Waals surface area contributed by atoms with Crippen molar-refractivity contribution in [2.24, 2.45) is 10.9 Å². The fourth-order valence-corrected chi connectivity index (χ4v) is 2.99. The summed E-state index contributed by atoms with van der Waals surface area (Å²) in [6, 6.07) is 7.19. The van der Waals surface area contributed by atoms with Gasteiger partial charge in [0.15, 0.2) is 11.7 Å². The van der Waals surface area contributed by atoms with Crippen LogP contribution in [0.5, 0.6) is 0 Å². The van der Waals surface area contributed by atoms with Gasteiger partial charge in [0.05, 0.1) is 18.5 Å². The summed E-state index contributed by atoms with van der Waals surface area (Å²) in [5.74, 6) is -2.44. The number of aliphatic imine (C=N–C) groups is 1. The van der Waals surface area contributed by atoms with Crippen LogP contribution in [0.15, 0.2) is 53.6 Å². The summed E-state index contributed by atoms with van der Waals surface area (Å²) in [6.07, 6.45) is 6.51. The second-order valence-electron chi connectivity index (χ2n) is 6.41. The van der Waals surface area contributed by atoms with Crippen LogP contribution in [0.3, 0.4) is 0 Å². The molecule has 1 saturated heterocycles. The summed E-state index contributed by atoms with van der Waals surface area (Å²) in [7, 11) is 0. The normalized spacial score (nSPS) is 19.1. The van der Waals surface area contributed by atoms with E-state index in [-0.39, 0.29) is 18.3 Å². The van der Waals surface area contributed by atoms with E-state index in [0.29, 0.717) is 11.3 Å². The average molecular weight is 390 g/mol. The van der Waals surface area contributed by atoms with Gasteiger partial charge in [0.1, 0.15) is 5.65 Å². The average Bonchev–Trinajstić information content (AvgIpc) is 3.25. The zero-order chi connectivity index (χ0) is 20.4. The first-order valence-corrected chi connectivity index (χ1v) is 9.10. The number of rotatable bonds is 4. The molecule has 146 valence electrons. The minimum atomic E-state index is -1.24. The predicted molar refractivity (Wildman–Crippen MR) is 106 cm³/mol. The lowest BCUT2D eigenvalue weighted by atomic mass is 10.0. The Labute approximate surface area is 166 Å². The largest absolute Gasteiger partial charge is 0.465 e. The zero-order valence-corrected chi connectivity index (χ0v) is 15.9. The number of aromatic amines is 1. The Hall–Kier alpha value is -3.81. The summed E-state index contributed by atoms with van der Waals surface area (Å²) >= 11 is 0. The number of aromatic nitrogens is 3. The van der Waals surface area contributed by atoms with Gasteiger partial charge in [-0.05, 0) is 44.2 Å². The third-order valence-electron chi connectivity index (χ3n) is 4.39. The molecule has 0 bridgehead atoms. The first-order valence-electron chi connectivity index (χ1n) is 9.10. The Morgan fingerprint density at radius 3 is 2.97 bits per heavy atom. The first kappa shape index (κ1) is 18.5. The van der Waals surface area contributed by atoms with E-state index in [2.05, 4.69) is 19.9 Å². The number of aryl methyl sites for hydroxylation is 1. The SMILES string of the molecule is CCOC(=O)C1C(=O)/C(=C/c2c[nH]c3ncccc23)OC1=Nc1ccc(C)nc1. The quantitative estimate of drug-likeness (QED) is 0.417. The standard InChI is InChI=1S/C21H18N4O4/c1-3-28-21(27)17-18(26)16(9-13-10-24-19-15(13)5-4-8-22-19)29-20(17)25-14-7-6-12(2)23-11-14/h4-11,17H,3H2,1-2H3,(H,22,24)/b16-9-,25-20?. The Morgan fingerprint density at radius 2 is 2.21 bits per heavy atom. The second kappa shape index (κ2) is 7.67. The van der Waals surface area contributed by atoms with Gasteiger partial charge in [0.2, 0.25) is 11.7 Å². The number of ether oxygens (including phenoxy) is 2. The van der Waals surface area contributed by atoms with Crippen LogP contribution in [0, 0.1) is 12.8 Å². The van der Waals surface area contributed by atoms with Gasteiger partial charge in [0, 0.05) is 29.0 Å².